The van der Waals surface area contributed by atoms with Crippen LogP contribution in [0.5, 0.6) is 0 Å². The molecule has 16 heteroatoms. The molecule has 0 aliphatic carbocycles. The van der Waals surface area contributed by atoms with E-state index in [1.165, 1.54) is 29.2 Å². The molecule has 2 aromatic heterocycles. The van der Waals surface area contributed by atoms with E-state index in [0.29, 0.717) is 42.8 Å². The molecule has 0 saturated carbocycles. The minimum absolute atomic E-state index is 0.0648. The Labute approximate surface area is 280 Å². The maximum atomic E-state index is 15.0. The van der Waals surface area contributed by atoms with E-state index in [-0.39, 0.29) is 34.3 Å². The van der Waals surface area contributed by atoms with Crippen LogP contribution in [0, 0.1) is 5.82 Å². The molecule has 4 aromatic rings. The summed E-state index contributed by atoms with van der Waals surface area (Å²) in [6.07, 6.45) is 3.17. The summed E-state index contributed by atoms with van der Waals surface area (Å²) in [7, 11) is 1.95. The number of aromatic amines is 1. The molecule has 48 heavy (non-hydrogen) atoms. The second kappa shape index (κ2) is 14.3. The lowest BCUT2D eigenvalue weighted by atomic mass is 10.1. The Morgan fingerprint density at radius 1 is 1.10 bits per heavy atom. The van der Waals surface area contributed by atoms with E-state index in [0.717, 1.165) is 6.08 Å². The molecule has 3 N–H and O–H groups in total. The lowest BCUT2D eigenvalue weighted by Gasteiger charge is -2.33. The van der Waals surface area contributed by atoms with Gasteiger partial charge in [0.2, 0.25) is 17.7 Å². The molecule has 5 rings (SSSR count). The zero-order valence-electron chi connectivity index (χ0n) is 26.8. The summed E-state index contributed by atoms with van der Waals surface area (Å²) < 4.78 is 21.7. The molecule has 0 spiro atoms. The third-order valence-electron chi connectivity index (χ3n) is 7.48. The Balaban J connectivity index is 1.35. The molecular formula is C32H35ClFN9O5. The van der Waals surface area contributed by atoms with Crippen LogP contribution in [0.2, 0.25) is 5.02 Å². The number of aromatic nitrogens is 5. The van der Waals surface area contributed by atoms with Gasteiger partial charge in [0, 0.05) is 54.4 Å². The quantitative estimate of drug-likeness (QED) is 0.178. The van der Waals surface area contributed by atoms with E-state index in [9.17, 15) is 19.2 Å². The van der Waals surface area contributed by atoms with E-state index in [4.69, 9.17) is 16.3 Å². The van der Waals surface area contributed by atoms with Gasteiger partial charge in [0.05, 0.1) is 17.1 Å². The van der Waals surface area contributed by atoms with Gasteiger partial charge >= 0.3 is 5.97 Å². The summed E-state index contributed by atoms with van der Waals surface area (Å²) in [5.74, 6) is -3.04. The van der Waals surface area contributed by atoms with Gasteiger partial charge in [-0.05, 0) is 80.7 Å². The molecular weight excluding hydrogens is 645 g/mol. The summed E-state index contributed by atoms with van der Waals surface area (Å²) in [6.45, 7) is 7.62. The first kappa shape index (κ1) is 34.2. The Morgan fingerprint density at radius 2 is 1.85 bits per heavy atom. The first-order valence-corrected chi connectivity index (χ1v) is 15.5. The zero-order chi connectivity index (χ0) is 34.6. The average Bonchev–Trinajstić information content (AvgIpc) is 3.71. The number of hydrogen-bond donors (Lipinski definition) is 3. The van der Waals surface area contributed by atoms with Crippen LogP contribution >= 0.6 is 11.6 Å². The van der Waals surface area contributed by atoms with Gasteiger partial charge in [0.25, 0.3) is 0 Å². The first-order valence-electron chi connectivity index (χ1n) is 15.1. The highest BCUT2D eigenvalue weighted by Gasteiger charge is 2.28. The average molecular weight is 680 g/mol. The molecule has 3 heterocycles. The molecule has 1 atom stereocenters. The van der Waals surface area contributed by atoms with Gasteiger partial charge in [-0.2, -0.15) is 4.68 Å². The van der Waals surface area contributed by atoms with Crippen LogP contribution in [0.1, 0.15) is 43.2 Å². The zero-order valence-corrected chi connectivity index (χ0v) is 27.5. The van der Waals surface area contributed by atoms with Crippen LogP contribution in [-0.4, -0.2) is 104 Å². The number of fused-ring (bicyclic) bond motifs is 1. The van der Waals surface area contributed by atoms with E-state index in [1.807, 2.05) is 7.05 Å². The van der Waals surface area contributed by atoms with Gasteiger partial charge in [-0.25, -0.2) is 9.18 Å². The Hall–Kier alpha value is -5.15. The Morgan fingerprint density at radius 3 is 2.54 bits per heavy atom. The number of anilines is 1. The SMILES string of the molecule is CN1CCN(C(=O)CC(NC(=O)/C=C/c2c(-n3cnnn3)ccc(Cl)c2F)C(=O)Nc2ccc3[nH]c(C(=O)OC(C)(C)C)cc3c2)CC1. The Bertz CT molecular complexity index is 1860. The van der Waals surface area contributed by atoms with Crippen LogP contribution in [-0.2, 0) is 19.1 Å². The van der Waals surface area contributed by atoms with Crippen LogP contribution in [0.25, 0.3) is 22.7 Å². The van der Waals surface area contributed by atoms with Crippen LogP contribution in [0.3, 0.4) is 0 Å². The van der Waals surface area contributed by atoms with Crippen molar-refractivity contribution in [3.63, 3.8) is 0 Å². The van der Waals surface area contributed by atoms with Gasteiger partial charge in [0.15, 0.2) is 5.82 Å². The van der Waals surface area contributed by atoms with Gasteiger partial charge < -0.3 is 30.2 Å². The van der Waals surface area contributed by atoms with Crippen LogP contribution < -0.4 is 10.6 Å². The van der Waals surface area contributed by atoms with E-state index < -0.39 is 35.2 Å². The van der Waals surface area contributed by atoms with Crippen LogP contribution in [0.15, 0.2) is 48.8 Å². The molecule has 0 bridgehead atoms. The van der Waals surface area contributed by atoms with Gasteiger partial charge in [0.1, 0.15) is 23.7 Å². The summed E-state index contributed by atoms with van der Waals surface area (Å²) in [5.41, 5.74) is 0.741. The number of nitrogens with zero attached hydrogens (tertiary/aromatic N) is 6. The van der Waals surface area contributed by atoms with Gasteiger partial charge in [-0.1, -0.05) is 11.6 Å². The molecule has 1 aliphatic rings. The van der Waals surface area contributed by atoms with Crippen molar-refractivity contribution in [2.24, 2.45) is 0 Å². The summed E-state index contributed by atoms with van der Waals surface area (Å²) in [5, 5.41) is 16.7. The highest BCUT2D eigenvalue weighted by atomic mass is 35.5. The minimum Gasteiger partial charge on any atom is -0.455 e. The topological polar surface area (TPSA) is 167 Å². The van der Waals surface area contributed by atoms with Gasteiger partial charge in [-0.3, -0.25) is 14.4 Å². The first-order chi connectivity index (χ1) is 22.8. The number of tetrazole rings is 1. The summed E-state index contributed by atoms with van der Waals surface area (Å²) in [6, 6.07) is 8.11. The number of carbonyl (C=O) groups is 4. The normalized spacial score (nSPS) is 14.7. The number of H-pyrrole nitrogens is 1. The number of esters is 1. The van der Waals surface area contributed by atoms with Crippen molar-refractivity contribution in [1.82, 2.24) is 40.3 Å². The molecule has 14 nitrogen and oxygen atoms in total. The van der Waals surface area contributed by atoms with E-state index in [1.54, 1.807) is 49.9 Å². The molecule has 1 unspecified atom stereocenters. The predicted octanol–water partition coefficient (Wildman–Crippen LogP) is 3.19. The highest BCUT2D eigenvalue weighted by molar-refractivity contribution is 6.31. The number of rotatable bonds is 9. The fraction of sp³-hybridized carbons (Fsp3) is 0.344. The van der Waals surface area contributed by atoms with Crippen molar-refractivity contribution < 1.29 is 28.3 Å². The minimum atomic E-state index is -1.28. The number of ether oxygens (including phenoxy) is 1. The second-order valence-electron chi connectivity index (χ2n) is 12.3. The van der Waals surface area contributed by atoms with Crippen LogP contribution in [0.4, 0.5) is 10.1 Å². The summed E-state index contributed by atoms with van der Waals surface area (Å²) >= 11 is 5.99. The predicted molar refractivity (Wildman–Crippen MR) is 176 cm³/mol. The number of halogens is 2. The third-order valence-corrected chi connectivity index (χ3v) is 7.77. The van der Waals surface area contributed by atoms with E-state index in [2.05, 4.69) is 36.0 Å². The summed E-state index contributed by atoms with van der Waals surface area (Å²) in [4.78, 5) is 59.3. The van der Waals surface area contributed by atoms with Crippen molar-refractivity contribution >= 4 is 58.0 Å². The highest BCUT2D eigenvalue weighted by Crippen LogP contribution is 2.26. The third kappa shape index (κ3) is 8.41. The van der Waals surface area contributed by atoms with Crippen molar-refractivity contribution in [2.75, 3.05) is 38.5 Å². The van der Waals surface area contributed by atoms with Crippen molar-refractivity contribution in [2.45, 2.75) is 38.8 Å². The molecule has 2 aromatic carbocycles. The maximum absolute atomic E-state index is 15.0. The fourth-order valence-corrected chi connectivity index (χ4v) is 5.18. The van der Waals surface area contributed by atoms with Crippen molar-refractivity contribution in [3.05, 3.63) is 70.9 Å². The number of benzene rings is 2. The van der Waals surface area contributed by atoms with Crippen molar-refractivity contribution in [3.8, 4) is 5.69 Å². The molecule has 1 aliphatic heterocycles. The number of amides is 3. The number of nitrogens with one attached hydrogen (secondary N) is 3. The van der Waals surface area contributed by atoms with Gasteiger partial charge in [-0.15, -0.1) is 5.10 Å². The number of hydrogen-bond acceptors (Lipinski definition) is 9. The molecule has 1 fully saturated rings. The smallest absolute Gasteiger partial charge is 0.355 e. The largest absolute Gasteiger partial charge is 0.455 e. The molecule has 0 radical (unpaired) electrons. The monoisotopic (exact) mass is 679 g/mol. The second-order valence-corrected chi connectivity index (χ2v) is 12.7. The number of carbonyl (C=O) groups excluding carboxylic acids is 4. The molecule has 1 saturated heterocycles. The number of likely N-dealkylation sites (N-methyl/N-ethyl adjacent to an activating group) is 1. The number of piperazine rings is 1. The Kier molecular flexibility index (Phi) is 10.2. The lowest BCUT2D eigenvalue weighted by molar-refractivity contribution is -0.135. The van der Waals surface area contributed by atoms with Crippen molar-refractivity contribution in [1.29, 1.82) is 0 Å². The standard InChI is InChI=1S/C32H35ClFN9O5/c1-32(2,3)48-31(47)25-16-19-15-20(5-8-23(19)37-25)36-30(46)24(17-28(45)42-13-11-41(4)12-14-42)38-27(44)10-6-21-26(43-18-35-39-40-43)9-7-22(33)29(21)34/h5-10,15-16,18,24,37H,11-14,17H2,1-4H3,(H,36,46)(H,38,44)/b10-6+. The van der Waals surface area contributed by atoms with E-state index >= 15 is 4.39 Å². The molecule has 252 valence electrons. The lowest BCUT2D eigenvalue weighted by Crippen LogP contribution is -2.51. The fourth-order valence-electron chi connectivity index (χ4n) is 5.02. The molecule has 3 amide bonds. The maximum Gasteiger partial charge on any atom is 0.355 e.